The molecule has 22 heavy (non-hydrogen) atoms. The van der Waals surface area contributed by atoms with E-state index in [1.165, 1.54) is 13.2 Å². The third-order valence-electron chi connectivity index (χ3n) is 2.92. The normalized spacial score (nSPS) is 11.9. The molecule has 0 aliphatic heterocycles. The van der Waals surface area contributed by atoms with E-state index in [1.54, 1.807) is 0 Å². The predicted octanol–water partition coefficient (Wildman–Crippen LogP) is 1.38. The van der Waals surface area contributed by atoms with Gasteiger partial charge in [-0.25, -0.2) is 13.1 Å². The second kappa shape index (κ2) is 5.91. The third-order valence-corrected chi connectivity index (χ3v) is 3.52. The van der Waals surface area contributed by atoms with Crippen molar-refractivity contribution in [1.29, 1.82) is 0 Å². The summed E-state index contributed by atoms with van der Waals surface area (Å²) in [5, 5.41) is 3.75. The smallest absolute Gasteiger partial charge is 0.267 e. The third kappa shape index (κ3) is 3.53. The summed E-state index contributed by atoms with van der Waals surface area (Å²) >= 11 is 0. The van der Waals surface area contributed by atoms with Crippen molar-refractivity contribution in [2.24, 2.45) is 7.05 Å². The van der Waals surface area contributed by atoms with Gasteiger partial charge in [-0.2, -0.15) is 18.3 Å². The van der Waals surface area contributed by atoms with E-state index in [0.717, 1.165) is 22.9 Å². The highest BCUT2D eigenvalue weighted by atomic mass is 32.2. The molecule has 1 radical (unpaired) electrons. The number of thiol groups is 1. The molecule has 2 rings (SSSR count). The van der Waals surface area contributed by atoms with E-state index in [9.17, 15) is 26.4 Å². The van der Waals surface area contributed by atoms with Crippen LogP contribution in [0.4, 0.5) is 13.2 Å². The summed E-state index contributed by atoms with van der Waals surface area (Å²) in [5.74, 6) is -0.572. The van der Waals surface area contributed by atoms with E-state index in [1.807, 2.05) is 0 Å². The number of aromatic nitrogens is 2. The van der Waals surface area contributed by atoms with Gasteiger partial charge in [0.15, 0.2) is 0 Å². The van der Waals surface area contributed by atoms with Crippen LogP contribution in [-0.2, 0) is 29.7 Å². The Morgan fingerprint density at radius 2 is 2.00 bits per heavy atom. The molecule has 1 aromatic heterocycles. The number of hydrogen-bond acceptors (Lipinski definition) is 4. The largest absolute Gasteiger partial charge is 0.416 e. The van der Waals surface area contributed by atoms with E-state index in [4.69, 9.17) is 0 Å². The van der Waals surface area contributed by atoms with Gasteiger partial charge in [0.1, 0.15) is 10.7 Å². The predicted molar refractivity (Wildman–Crippen MR) is 72.8 cm³/mol. The van der Waals surface area contributed by atoms with Crippen molar-refractivity contribution < 1.29 is 21.6 Å². The van der Waals surface area contributed by atoms with Gasteiger partial charge < -0.3 is 0 Å². The summed E-state index contributed by atoms with van der Waals surface area (Å²) in [4.78, 5) is 11.5. The molecule has 0 bridgehead atoms. The minimum Gasteiger partial charge on any atom is -0.267 e. The molecule has 0 atom stereocenters. The summed E-state index contributed by atoms with van der Waals surface area (Å²) in [6.45, 7) is 0. The molecule has 0 aliphatic rings. The van der Waals surface area contributed by atoms with Crippen LogP contribution in [0.5, 0.6) is 0 Å². The number of hydrogen-bond donors (Lipinski definition) is 1. The van der Waals surface area contributed by atoms with Crippen molar-refractivity contribution in [2.75, 3.05) is 0 Å². The van der Waals surface area contributed by atoms with Gasteiger partial charge >= 0.3 is 6.18 Å². The van der Waals surface area contributed by atoms with Crippen LogP contribution < -0.4 is 5.56 Å². The van der Waals surface area contributed by atoms with Gasteiger partial charge in [-0.15, -0.1) is 0 Å². The summed E-state index contributed by atoms with van der Waals surface area (Å²) < 4.78 is 61.0. The Kier molecular flexibility index (Phi) is 4.36. The van der Waals surface area contributed by atoms with Gasteiger partial charge in [-0.1, -0.05) is 6.07 Å². The zero-order valence-corrected chi connectivity index (χ0v) is 12.1. The van der Waals surface area contributed by atoms with E-state index < -0.39 is 33.8 Å². The van der Waals surface area contributed by atoms with Crippen LogP contribution in [-0.4, -0.2) is 18.2 Å². The fraction of sp³-hybridized carbons (Fsp3) is 0.231. The molecule has 0 amide bonds. The lowest BCUT2D eigenvalue weighted by Crippen LogP contribution is -2.18. The van der Waals surface area contributed by atoms with Crippen LogP contribution in [0.15, 0.2) is 29.2 Å². The van der Waals surface area contributed by atoms with Crippen molar-refractivity contribution >= 4 is 10.7 Å². The minimum absolute atomic E-state index is 0.0581. The molecule has 0 saturated heterocycles. The van der Waals surface area contributed by atoms with E-state index in [2.05, 4.69) is 11.2 Å². The maximum Gasteiger partial charge on any atom is 0.416 e. The fourth-order valence-electron chi connectivity index (χ4n) is 1.86. The maximum atomic E-state index is 12.7. The van der Waals surface area contributed by atoms with Gasteiger partial charge in [0.2, 0.25) is 0 Å². The lowest BCUT2D eigenvalue weighted by molar-refractivity contribution is -0.137. The summed E-state index contributed by atoms with van der Waals surface area (Å²) in [6, 6.07) is 5.12. The lowest BCUT2D eigenvalue weighted by atomic mass is 10.00. The first-order valence-corrected chi connectivity index (χ1v) is 7.32. The van der Waals surface area contributed by atoms with E-state index in [-0.39, 0.29) is 16.7 Å². The monoisotopic (exact) mass is 331 g/mol. The fourth-order valence-corrected chi connectivity index (χ4v) is 2.40. The zero-order chi connectivity index (χ0) is 16.5. The number of benzene rings is 1. The van der Waals surface area contributed by atoms with Crippen LogP contribution in [0.1, 0.15) is 11.1 Å². The van der Waals surface area contributed by atoms with Crippen LogP contribution in [0.3, 0.4) is 0 Å². The average molecular weight is 331 g/mol. The molecule has 2 aromatic rings. The lowest BCUT2D eigenvalue weighted by Gasteiger charge is -2.12. The molecule has 0 spiro atoms. The van der Waals surface area contributed by atoms with Gasteiger partial charge in [0, 0.05) is 12.6 Å². The first-order valence-electron chi connectivity index (χ1n) is 5.96. The van der Waals surface area contributed by atoms with Crippen LogP contribution in [0.25, 0.3) is 11.1 Å². The molecule has 1 heterocycles. The zero-order valence-electron chi connectivity index (χ0n) is 11.2. The summed E-state index contributed by atoms with van der Waals surface area (Å²) in [7, 11) is -1.54. The van der Waals surface area contributed by atoms with Crippen molar-refractivity contribution in [3.63, 3.8) is 0 Å². The topological polar surface area (TPSA) is 69.0 Å². The van der Waals surface area contributed by atoms with Crippen LogP contribution >= 0.6 is 0 Å². The molecule has 0 aliphatic carbocycles. The quantitative estimate of drug-likeness (QED) is 0.863. The number of halogens is 3. The first-order chi connectivity index (χ1) is 10.2. The standard InChI is InChI=1S/C13H10F3N2O3S/c1-18-12(19)5-8(6-17-18)11-3-2-10(13(14,15)16)4-9(11)7-22(20)21/h2-4,6,22H,7H2,1H3. The molecule has 9 heteroatoms. The Balaban J connectivity index is 2.63. The van der Waals surface area contributed by atoms with Crippen molar-refractivity contribution in [2.45, 2.75) is 11.9 Å². The van der Waals surface area contributed by atoms with Gasteiger partial charge in [-0.05, 0) is 23.3 Å². The Hall–Kier alpha value is -2.16. The van der Waals surface area contributed by atoms with Gasteiger partial charge in [0.25, 0.3) is 5.56 Å². The Labute approximate surface area is 125 Å². The Bertz CT molecular complexity index is 833. The van der Waals surface area contributed by atoms with Crippen molar-refractivity contribution in [3.8, 4) is 11.1 Å². The molecule has 0 unspecified atom stereocenters. The minimum atomic E-state index is -4.59. The van der Waals surface area contributed by atoms with Crippen molar-refractivity contribution in [1.82, 2.24) is 9.78 Å². The molecule has 0 saturated carbocycles. The highest BCUT2D eigenvalue weighted by molar-refractivity contribution is 7.71. The SMILES string of the molecule is Cn1ncc(-c2ccc(C(F)(F)F)cc2C[SH](=O)=O)[c]c1=O. The van der Waals surface area contributed by atoms with Gasteiger partial charge in [0.05, 0.1) is 23.6 Å². The van der Waals surface area contributed by atoms with Crippen LogP contribution in [0.2, 0.25) is 0 Å². The maximum absolute atomic E-state index is 12.7. The molecular weight excluding hydrogens is 321 g/mol. The van der Waals surface area contributed by atoms with Crippen LogP contribution in [0, 0.1) is 6.07 Å². The number of nitrogens with zero attached hydrogens (tertiary/aromatic N) is 2. The molecular formula is C13H10F3N2O3S. The second-order valence-electron chi connectivity index (χ2n) is 4.47. The highest BCUT2D eigenvalue weighted by Crippen LogP contribution is 2.33. The van der Waals surface area contributed by atoms with E-state index >= 15 is 0 Å². The van der Waals surface area contributed by atoms with Gasteiger partial charge in [-0.3, -0.25) is 4.79 Å². The number of alkyl halides is 3. The molecule has 1 aromatic carbocycles. The Morgan fingerprint density at radius 1 is 1.32 bits per heavy atom. The number of aryl methyl sites for hydroxylation is 1. The van der Waals surface area contributed by atoms with Crippen molar-refractivity contribution in [3.05, 3.63) is 51.9 Å². The molecule has 0 fully saturated rings. The summed E-state index contributed by atoms with van der Waals surface area (Å²) in [5.41, 5.74) is -1.27. The highest BCUT2D eigenvalue weighted by Gasteiger charge is 2.31. The number of rotatable bonds is 3. The summed E-state index contributed by atoms with van der Waals surface area (Å²) in [6.07, 6.45) is -3.35. The first kappa shape index (κ1) is 16.2. The second-order valence-corrected chi connectivity index (χ2v) is 5.45. The molecule has 0 N–H and O–H groups in total. The molecule has 5 nitrogen and oxygen atoms in total. The average Bonchev–Trinajstić information content (AvgIpc) is 2.40. The molecule has 117 valence electrons. The van der Waals surface area contributed by atoms with E-state index in [0.29, 0.717) is 0 Å². The Morgan fingerprint density at radius 3 is 2.55 bits per heavy atom.